The minimum Gasteiger partial charge on any atom is -0.466 e. The van der Waals surface area contributed by atoms with Crippen molar-refractivity contribution >= 4 is 17.4 Å². The highest BCUT2D eigenvalue weighted by molar-refractivity contribution is 6.06. The zero-order valence-corrected chi connectivity index (χ0v) is 9.81. The fourth-order valence-corrected chi connectivity index (χ4v) is 1.33. The largest absolute Gasteiger partial charge is 0.466 e. The number of benzene rings is 1. The van der Waals surface area contributed by atoms with Gasteiger partial charge in [-0.05, 0) is 6.92 Å². The summed E-state index contributed by atoms with van der Waals surface area (Å²) in [6, 6.07) is 0.697. The molecule has 0 aliphatic heterocycles. The van der Waals surface area contributed by atoms with Crippen molar-refractivity contribution in [1.29, 1.82) is 0 Å². The molecule has 0 saturated carbocycles. The van der Waals surface area contributed by atoms with E-state index in [1.165, 1.54) is 6.92 Å². The predicted molar refractivity (Wildman–Crippen MR) is 58.6 cm³/mol. The van der Waals surface area contributed by atoms with Crippen molar-refractivity contribution in [1.82, 2.24) is 0 Å². The summed E-state index contributed by atoms with van der Waals surface area (Å²) in [5.41, 5.74) is -1.75. The van der Waals surface area contributed by atoms with Gasteiger partial charge in [0.2, 0.25) is 5.82 Å². The Morgan fingerprint density at radius 3 is 2.47 bits per heavy atom. The Morgan fingerprint density at radius 2 is 1.95 bits per heavy atom. The molecular weight excluding hydrogens is 264 g/mol. The summed E-state index contributed by atoms with van der Waals surface area (Å²) in [6.07, 6.45) is -0.770. The number of nitro benzene ring substituents is 1. The highest BCUT2D eigenvalue weighted by Crippen LogP contribution is 2.22. The van der Waals surface area contributed by atoms with Crippen molar-refractivity contribution in [2.75, 3.05) is 6.61 Å². The van der Waals surface area contributed by atoms with Gasteiger partial charge in [-0.2, -0.15) is 4.39 Å². The Hall–Kier alpha value is -2.38. The summed E-state index contributed by atoms with van der Waals surface area (Å²) in [7, 11) is 0. The number of esters is 1. The Kier molecular flexibility index (Phi) is 4.62. The Morgan fingerprint density at radius 1 is 1.32 bits per heavy atom. The first-order chi connectivity index (χ1) is 8.86. The second kappa shape index (κ2) is 5.98. The van der Waals surface area contributed by atoms with Crippen molar-refractivity contribution in [3.63, 3.8) is 0 Å². The van der Waals surface area contributed by atoms with Crippen molar-refractivity contribution in [2.45, 2.75) is 13.3 Å². The number of nitro groups is 1. The lowest BCUT2D eigenvalue weighted by Crippen LogP contribution is -2.13. The normalized spacial score (nSPS) is 10.1. The average Bonchev–Trinajstić information content (AvgIpc) is 2.28. The van der Waals surface area contributed by atoms with Crippen molar-refractivity contribution in [2.24, 2.45) is 0 Å². The fraction of sp³-hybridized carbons (Fsp3) is 0.273. The van der Waals surface area contributed by atoms with Gasteiger partial charge in [0.15, 0.2) is 5.78 Å². The zero-order chi connectivity index (χ0) is 14.6. The van der Waals surface area contributed by atoms with Crippen LogP contribution in [-0.2, 0) is 9.53 Å². The number of rotatable bonds is 5. The third-order valence-corrected chi connectivity index (χ3v) is 2.14. The number of nitrogens with zero attached hydrogens (tertiary/aromatic N) is 1. The van der Waals surface area contributed by atoms with E-state index in [4.69, 9.17) is 0 Å². The molecule has 0 spiro atoms. The first-order valence-corrected chi connectivity index (χ1v) is 5.19. The van der Waals surface area contributed by atoms with Crippen LogP contribution in [0.3, 0.4) is 0 Å². The second-order valence-corrected chi connectivity index (χ2v) is 3.45. The van der Waals surface area contributed by atoms with Gasteiger partial charge in [-0.15, -0.1) is 0 Å². The van der Waals surface area contributed by atoms with Crippen molar-refractivity contribution in [3.05, 3.63) is 39.4 Å². The van der Waals surface area contributed by atoms with Crippen LogP contribution in [0, 0.1) is 21.7 Å². The summed E-state index contributed by atoms with van der Waals surface area (Å²) in [5.74, 6) is -4.56. The van der Waals surface area contributed by atoms with Crippen molar-refractivity contribution in [3.8, 4) is 0 Å². The maximum absolute atomic E-state index is 13.3. The highest BCUT2D eigenvalue weighted by Gasteiger charge is 2.23. The molecule has 1 aromatic carbocycles. The number of ether oxygens (including phenoxy) is 1. The molecule has 0 aliphatic carbocycles. The molecule has 1 rings (SSSR count). The first-order valence-electron chi connectivity index (χ1n) is 5.19. The van der Waals surface area contributed by atoms with E-state index in [0.29, 0.717) is 6.07 Å². The third-order valence-electron chi connectivity index (χ3n) is 2.14. The molecule has 6 nitrogen and oxygen atoms in total. The SMILES string of the molecule is CCOC(=O)CC(=O)c1cc([N+](=O)[O-])c(F)cc1F. The summed E-state index contributed by atoms with van der Waals surface area (Å²) < 4.78 is 30.9. The van der Waals surface area contributed by atoms with Gasteiger partial charge in [-0.3, -0.25) is 19.7 Å². The number of hydrogen-bond donors (Lipinski definition) is 0. The van der Waals surface area contributed by atoms with E-state index < -0.39 is 46.0 Å². The van der Waals surface area contributed by atoms with Gasteiger partial charge < -0.3 is 4.74 Å². The van der Waals surface area contributed by atoms with E-state index >= 15 is 0 Å². The molecule has 0 N–H and O–H groups in total. The molecule has 0 saturated heterocycles. The maximum atomic E-state index is 13.3. The smallest absolute Gasteiger partial charge is 0.313 e. The molecule has 19 heavy (non-hydrogen) atoms. The molecule has 0 heterocycles. The van der Waals surface area contributed by atoms with E-state index in [0.717, 1.165) is 0 Å². The minimum absolute atomic E-state index is 0.0398. The number of ketones is 1. The number of carbonyl (C=O) groups excluding carboxylic acids is 2. The van der Waals surface area contributed by atoms with Crippen LogP contribution in [0.1, 0.15) is 23.7 Å². The highest BCUT2D eigenvalue weighted by atomic mass is 19.1. The molecule has 0 unspecified atom stereocenters. The third kappa shape index (κ3) is 3.54. The maximum Gasteiger partial charge on any atom is 0.313 e. The fourth-order valence-electron chi connectivity index (χ4n) is 1.33. The van der Waals surface area contributed by atoms with E-state index in [2.05, 4.69) is 4.74 Å². The molecular formula is C11H9F2NO5. The monoisotopic (exact) mass is 273 g/mol. The topological polar surface area (TPSA) is 86.5 Å². The lowest BCUT2D eigenvalue weighted by Gasteiger charge is -2.03. The standard InChI is InChI=1S/C11H9F2NO5/c1-2-19-11(16)5-10(15)6-3-9(14(17)18)8(13)4-7(6)12/h3-4H,2,5H2,1H3. The van der Waals surface area contributed by atoms with Crippen LogP contribution in [0.15, 0.2) is 12.1 Å². The predicted octanol–water partition coefficient (Wildman–Crippen LogP) is 2.01. The molecule has 8 heteroatoms. The number of hydrogen-bond acceptors (Lipinski definition) is 5. The molecule has 102 valence electrons. The van der Waals surface area contributed by atoms with Gasteiger partial charge in [0.1, 0.15) is 12.2 Å². The Labute approximate surface area is 106 Å². The minimum atomic E-state index is -1.39. The lowest BCUT2D eigenvalue weighted by molar-refractivity contribution is -0.387. The zero-order valence-electron chi connectivity index (χ0n) is 9.81. The summed E-state index contributed by atoms with van der Waals surface area (Å²) in [6.45, 7) is 1.56. The molecule has 1 aromatic rings. The summed E-state index contributed by atoms with van der Waals surface area (Å²) in [4.78, 5) is 32.0. The van der Waals surface area contributed by atoms with E-state index in [1.807, 2.05) is 0 Å². The Bertz CT molecular complexity index is 544. The van der Waals surface area contributed by atoms with Gasteiger partial charge in [0, 0.05) is 12.1 Å². The number of carbonyl (C=O) groups is 2. The van der Waals surface area contributed by atoms with Crippen LogP contribution in [-0.4, -0.2) is 23.3 Å². The van der Waals surface area contributed by atoms with Crippen LogP contribution in [0.25, 0.3) is 0 Å². The van der Waals surface area contributed by atoms with E-state index in [-0.39, 0.29) is 12.7 Å². The van der Waals surface area contributed by atoms with Crippen LogP contribution < -0.4 is 0 Å². The lowest BCUT2D eigenvalue weighted by atomic mass is 10.1. The molecule has 0 atom stereocenters. The molecule has 0 aliphatic rings. The number of Topliss-reactive ketones (excluding diaryl/α,β-unsaturated/α-hetero) is 1. The van der Waals surface area contributed by atoms with E-state index in [9.17, 15) is 28.5 Å². The quantitative estimate of drug-likeness (QED) is 0.269. The number of halogens is 2. The van der Waals surface area contributed by atoms with Crippen molar-refractivity contribution < 1.29 is 28.0 Å². The molecule has 0 radical (unpaired) electrons. The summed E-state index contributed by atoms with van der Waals surface area (Å²) in [5, 5.41) is 10.5. The average molecular weight is 273 g/mol. The van der Waals surface area contributed by atoms with Crippen LogP contribution >= 0.6 is 0 Å². The van der Waals surface area contributed by atoms with Gasteiger partial charge in [-0.1, -0.05) is 0 Å². The van der Waals surface area contributed by atoms with Gasteiger partial charge >= 0.3 is 11.7 Å². The summed E-state index contributed by atoms with van der Waals surface area (Å²) >= 11 is 0. The molecule has 0 aromatic heterocycles. The molecule has 0 amide bonds. The van der Waals surface area contributed by atoms with Gasteiger partial charge in [-0.25, -0.2) is 4.39 Å². The molecule has 0 bridgehead atoms. The van der Waals surface area contributed by atoms with Gasteiger partial charge in [0.05, 0.1) is 17.1 Å². The first kappa shape index (κ1) is 14.7. The van der Waals surface area contributed by atoms with Crippen LogP contribution in [0.5, 0.6) is 0 Å². The Balaban J connectivity index is 3.06. The second-order valence-electron chi connectivity index (χ2n) is 3.45. The van der Waals surface area contributed by atoms with Gasteiger partial charge in [0.25, 0.3) is 0 Å². The van der Waals surface area contributed by atoms with E-state index in [1.54, 1.807) is 0 Å². The molecule has 0 fully saturated rings. The van der Waals surface area contributed by atoms with Crippen LogP contribution in [0.4, 0.5) is 14.5 Å². The van der Waals surface area contributed by atoms with Crippen LogP contribution in [0.2, 0.25) is 0 Å².